The van der Waals surface area contributed by atoms with E-state index in [9.17, 15) is 18.0 Å². The molecule has 19 heavy (non-hydrogen) atoms. The first-order valence-corrected chi connectivity index (χ1v) is 7.96. The van der Waals surface area contributed by atoms with Gasteiger partial charge in [0.25, 0.3) is 0 Å². The second kappa shape index (κ2) is 5.48. The number of carbonyl (C=O) groups is 2. The molecule has 0 aromatic heterocycles. The molecule has 1 atom stereocenters. The van der Waals surface area contributed by atoms with Crippen molar-refractivity contribution in [3.8, 4) is 0 Å². The van der Waals surface area contributed by atoms with Crippen LogP contribution >= 0.6 is 0 Å². The normalized spacial score (nSPS) is 17.7. The van der Waals surface area contributed by atoms with Gasteiger partial charge in [0.1, 0.15) is 11.4 Å². The Morgan fingerprint density at radius 1 is 1.32 bits per heavy atom. The van der Waals surface area contributed by atoms with Crippen LogP contribution in [0.2, 0.25) is 0 Å². The van der Waals surface area contributed by atoms with E-state index >= 15 is 0 Å². The Labute approximate surface area is 113 Å². The Morgan fingerprint density at radius 2 is 1.84 bits per heavy atom. The van der Waals surface area contributed by atoms with E-state index in [1.165, 1.54) is 6.92 Å². The summed E-state index contributed by atoms with van der Waals surface area (Å²) in [6, 6.07) is 0.0968. The molecule has 0 aromatic rings. The Bertz CT molecular complexity index is 459. The maximum absolute atomic E-state index is 11.9. The molecule has 0 aliphatic heterocycles. The number of amides is 1. The maximum atomic E-state index is 11.9. The fourth-order valence-electron chi connectivity index (χ4n) is 1.34. The van der Waals surface area contributed by atoms with Gasteiger partial charge < -0.3 is 10.1 Å². The molecule has 0 bridgehead atoms. The lowest BCUT2D eigenvalue weighted by Crippen LogP contribution is -2.40. The van der Waals surface area contributed by atoms with Gasteiger partial charge in [0.15, 0.2) is 15.1 Å². The summed E-state index contributed by atoms with van der Waals surface area (Å²) in [5.41, 5.74) is -0.753. The number of esters is 1. The molecule has 6 nitrogen and oxygen atoms in total. The topological polar surface area (TPSA) is 89.5 Å². The molecule has 1 N–H and O–H groups in total. The molecule has 1 unspecified atom stereocenters. The van der Waals surface area contributed by atoms with Crippen molar-refractivity contribution in [2.75, 3.05) is 5.75 Å². The van der Waals surface area contributed by atoms with E-state index < -0.39 is 38.3 Å². The zero-order valence-electron chi connectivity index (χ0n) is 11.7. The Morgan fingerprint density at radius 3 is 2.26 bits per heavy atom. The van der Waals surface area contributed by atoms with E-state index in [1.54, 1.807) is 20.8 Å². The second-order valence-electron chi connectivity index (χ2n) is 5.82. The van der Waals surface area contributed by atoms with Crippen LogP contribution in [0.3, 0.4) is 0 Å². The molecule has 1 aliphatic rings. The smallest absolute Gasteiger partial charge is 0.324 e. The van der Waals surface area contributed by atoms with Crippen molar-refractivity contribution in [1.82, 2.24) is 5.32 Å². The minimum absolute atomic E-state index is 0.0968. The number of rotatable bonds is 5. The molecule has 0 saturated heterocycles. The van der Waals surface area contributed by atoms with Crippen LogP contribution in [-0.4, -0.2) is 42.9 Å². The minimum atomic E-state index is -3.84. The molecule has 1 fully saturated rings. The highest BCUT2D eigenvalue weighted by Crippen LogP contribution is 2.19. The van der Waals surface area contributed by atoms with Crippen LogP contribution in [-0.2, 0) is 24.2 Å². The third-order valence-electron chi connectivity index (χ3n) is 2.55. The minimum Gasteiger partial charge on any atom is -0.459 e. The zero-order chi connectivity index (χ0) is 14.8. The molecule has 0 spiro atoms. The van der Waals surface area contributed by atoms with Crippen molar-refractivity contribution < 1.29 is 22.7 Å². The second-order valence-corrected chi connectivity index (χ2v) is 8.15. The summed E-state index contributed by atoms with van der Waals surface area (Å²) in [4.78, 5) is 23.2. The van der Waals surface area contributed by atoms with E-state index in [-0.39, 0.29) is 6.04 Å². The van der Waals surface area contributed by atoms with Gasteiger partial charge in [0.05, 0.1) is 0 Å². The van der Waals surface area contributed by atoms with E-state index in [2.05, 4.69) is 5.32 Å². The summed E-state index contributed by atoms with van der Waals surface area (Å²) in [5.74, 6) is -2.06. The standard InChI is InChI=1S/C12H21NO5S/c1-8(11(15)18-12(2,3)4)19(16,17)7-10(14)13-9-5-6-9/h8-9H,5-7H2,1-4H3,(H,13,14). The molecule has 1 saturated carbocycles. The van der Waals surface area contributed by atoms with E-state index in [4.69, 9.17) is 4.74 Å². The van der Waals surface area contributed by atoms with Crippen molar-refractivity contribution in [3.63, 3.8) is 0 Å². The molecule has 7 heteroatoms. The highest BCUT2D eigenvalue weighted by Gasteiger charge is 2.34. The van der Waals surface area contributed by atoms with Gasteiger partial charge >= 0.3 is 5.97 Å². The van der Waals surface area contributed by atoms with Crippen LogP contribution in [0.1, 0.15) is 40.5 Å². The number of nitrogens with one attached hydrogen (secondary N) is 1. The molecule has 1 aliphatic carbocycles. The number of ether oxygens (including phenoxy) is 1. The SMILES string of the molecule is CC(C(=O)OC(C)(C)C)S(=O)(=O)CC(=O)NC1CC1. The van der Waals surface area contributed by atoms with Gasteiger partial charge in [-0.2, -0.15) is 0 Å². The van der Waals surface area contributed by atoms with Gasteiger partial charge in [-0.15, -0.1) is 0 Å². The summed E-state index contributed by atoms with van der Waals surface area (Å²) in [6.07, 6.45) is 1.76. The predicted molar refractivity (Wildman–Crippen MR) is 70.3 cm³/mol. The van der Waals surface area contributed by atoms with Gasteiger partial charge in [-0.25, -0.2) is 8.42 Å². The van der Waals surface area contributed by atoms with Crippen LogP contribution in [0.5, 0.6) is 0 Å². The Kier molecular flexibility index (Phi) is 4.60. The van der Waals surface area contributed by atoms with E-state index in [0.717, 1.165) is 12.8 Å². The molecular formula is C12H21NO5S. The van der Waals surface area contributed by atoms with Gasteiger partial charge in [-0.3, -0.25) is 9.59 Å². The monoisotopic (exact) mass is 291 g/mol. The van der Waals surface area contributed by atoms with E-state index in [0.29, 0.717) is 0 Å². The number of hydrogen-bond donors (Lipinski definition) is 1. The molecule has 0 aromatic carbocycles. The average molecular weight is 291 g/mol. The lowest BCUT2D eigenvalue weighted by Gasteiger charge is -2.22. The van der Waals surface area contributed by atoms with Crippen molar-refractivity contribution in [2.24, 2.45) is 0 Å². The quantitative estimate of drug-likeness (QED) is 0.741. The largest absolute Gasteiger partial charge is 0.459 e. The van der Waals surface area contributed by atoms with Crippen LogP contribution in [0.15, 0.2) is 0 Å². The number of carbonyl (C=O) groups excluding carboxylic acids is 2. The molecule has 0 heterocycles. The average Bonchev–Trinajstić information content (AvgIpc) is 2.96. The third-order valence-corrected chi connectivity index (χ3v) is 4.49. The van der Waals surface area contributed by atoms with Gasteiger partial charge in [0, 0.05) is 6.04 Å². The Hall–Kier alpha value is -1.11. The molecule has 110 valence electrons. The van der Waals surface area contributed by atoms with Gasteiger partial charge in [0.2, 0.25) is 5.91 Å². The first-order valence-electron chi connectivity index (χ1n) is 6.25. The molecular weight excluding hydrogens is 270 g/mol. The molecule has 1 rings (SSSR count). The van der Waals surface area contributed by atoms with Gasteiger partial charge in [-0.05, 0) is 40.5 Å². The van der Waals surface area contributed by atoms with Crippen molar-refractivity contribution >= 4 is 21.7 Å². The van der Waals surface area contributed by atoms with Crippen molar-refractivity contribution in [2.45, 2.75) is 57.4 Å². The first kappa shape index (κ1) is 15.9. The molecule has 1 amide bonds. The maximum Gasteiger partial charge on any atom is 0.324 e. The summed E-state index contributed by atoms with van der Waals surface area (Å²) in [5, 5.41) is 1.25. The fourth-order valence-corrected chi connectivity index (χ4v) is 2.38. The lowest BCUT2D eigenvalue weighted by atomic mass is 10.2. The zero-order valence-corrected chi connectivity index (χ0v) is 12.5. The predicted octanol–water partition coefficient (Wildman–Crippen LogP) is 0.410. The van der Waals surface area contributed by atoms with Crippen LogP contribution in [0, 0.1) is 0 Å². The van der Waals surface area contributed by atoms with Crippen LogP contribution < -0.4 is 5.32 Å². The summed E-state index contributed by atoms with van der Waals surface area (Å²) in [6.45, 7) is 6.21. The van der Waals surface area contributed by atoms with Crippen molar-refractivity contribution in [1.29, 1.82) is 0 Å². The van der Waals surface area contributed by atoms with Crippen molar-refractivity contribution in [3.05, 3.63) is 0 Å². The lowest BCUT2D eigenvalue weighted by molar-refractivity contribution is -0.153. The summed E-state index contributed by atoms with van der Waals surface area (Å²) >= 11 is 0. The summed E-state index contributed by atoms with van der Waals surface area (Å²) in [7, 11) is -3.84. The van der Waals surface area contributed by atoms with Crippen LogP contribution in [0.25, 0.3) is 0 Å². The fraction of sp³-hybridized carbons (Fsp3) is 0.833. The number of sulfone groups is 1. The van der Waals surface area contributed by atoms with E-state index in [1.807, 2.05) is 0 Å². The van der Waals surface area contributed by atoms with Crippen LogP contribution in [0.4, 0.5) is 0 Å². The number of hydrogen-bond acceptors (Lipinski definition) is 5. The highest BCUT2D eigenvalue weighted by atomic mass is 32.2. The molecule has 0 radical (unpaired) electrons. The first-order chi connectivity index (χ1) is 8.51. The summed E-state index contributed by atoms with van der Waals surface area (Å²) < 4.78 is 28.8. The highest BCUT2D eigenvalue weighted by molar-refractivity contribution is 7.93. The van der Waals surface area contributed by atoms with Gasteiger partial charge in [-0.1, -0.05) is 0 Å². The Balaban J connectivity index is 2.59. The third kappa shape index (κ3) is 5.59.